The molecule has 1 amide bonds. The number of pyridine rings is 1. The van der Waals surface area contributed by atoms with E-state index in [1.807, 2.05) is 24.3 Å². The fourth-order valence-electron chi connectivity index (χ4n) is 2.93. The number of nitrogens with one attached hydrogen (secondary N) is 1. The van der Waals surface area contributed by atoms with Crippen LogP contribution in [0.5, 0.6) is 5.75 Å². The van der Waals surface area contributed by atoms with E-state index in [9.17, 15) is 10.0 Å². The van der Waals surface area contributed by atoms with Crippen molar-refractivity contribution in [2.45, 2.75) is 5.41 Å². The van der Waals surface area contributed by atoms with Crippen LogP contribution in [0.2, 0.25) is 0 Å². The Hall–Kier alpha value is -2.56. The summed E-state index contributed by atoms with van der Waals surface area (Å²) >= 11 is 0. The minimum Gasteiger partial charge on any atom is -0.618 e. The van der Waals surface area contributed by atoms with E-state index in [4.69, 9.17) is 4.74 Å². The van der Waals surface area contributed by atoms with Crippen molar-refractivity contribution >= 4 is 11.6 Å². The van der Waals surface area contributed by atoms with Crippen LogP contribution in [0.3, 0.4) is 0 Å². The normalized spacial score (nSPS) is 22.8. The molecular formula is C14H10N2O3. The second-order valence-corrected chi connectivity index (χ2v) is 4.74. The van der Waals surface area contributed by atoms with Crippen LogP contribution in [0.25, 0.3) is 0 Å². The molecule has 1 N–H and O–H groups in total. The highest BCUT2D eigenvalue weighted by Gasteiger charge is 2.59. The molecule has 2 aliphatic heterocycles. The predicted octanol–water partition coefficient (Wildman–Crippen LogP) is 0.951. The Kier molecular flexibility index (Phi) is 1.78. The van der Waals surface area contributed by atoms with Gasteiger partial charge in [-0.15, -0.1) is 0 Å². The molecule has 5 nitrogen and oxygen atoms in total. The Morgan fingerprint density at radius 1 is 1.26 bits per heavy atom. The summed E-state index contributed by atoms with van der Waals surface area (Å²) in [5, 5.41) is 14.9. The molecule has 0 aliphatic carbocycles. The summed E-state index contributed by atoms with van der Waals surface area (Å²) in [6.45, 7) is 0.164. The lowest BCUT2D eigenvalue weighted by atomic mass is 9.80. The van der Waals surface area contributed by atoms with Gasteiger partial charge < -0.3 is 15.3 Å². The lowest BCUT2D eigenvalue weighted by Crippen LogP contribution is -2.46. The van der Waals surface area contributed by atoms with Gasteiger partial charge in [0.1, 0.15) is 6.61 Å². The number of amides is 1. The molecule has 3 heterocycles. The molecule has 1 aromatic carbocycles. The van der Waals surface area contributed by atoms with Gasteiger partial charge >= 0.3 is 0 Å². The van der Waals surface area contributed by atoms with E-state index in [2.05, 4.69) is 5.32 Å². The van der Waals surface area contributed by atoms with Crippen molar-refractivity contribution < 1.29 is 14.3 Å². The third-order valence-electron chi connectivity index (χ3n) is 3.79. The highest BCUT2D eigenvalue weighted by atomic mass is 16.5. The first-order valence-electron chi connectivity index (χ1n) is 6.00. The number of nitrogens with zero attached hydrogens (tertiary/aromatic N) is 1. The van der Waals surface area contributed by atoms with Crippen LogP contribution in [-0.4, -0.2) is 12.5 Å². The SMILES string of the molecule is O=C1Nc2ccccc2C12COc1ccc[n+]([O-])c12. The van der Waals surface area contributed by atoms with Crippen LogP contribution in [0.15, 0.2) is 42.6 Å². The van der Waals surface area contributed by atoms with Crippen molar-refractivity contribution in [2.75, 3.05) is 11.9 Å². The van der Waals surface area contributed by atoms with E-state index in [1.54, 1.807) is 12.1 Å². The maximum Gasteiger partial charge on any atom is 0.258 e. The van der Waals surface area contributed by atoms with Gasteiger partial charge in [0.25, 0.3) is 5.69 Å². The molecule has 0 fully saturated rings. The fraction of sp³-hybridized carbons (Fsp3) is 0.143. The van der Waals surface area contributed by atoms with Crippen LogP contribution in [0.1, 0.15) is 11.3 Å². The van der Waals surface area contributed by atoms with E-state index < -0.39 is 5.41 Å². The minimum atomic E-state index is -1.02. The van der Waals surface area contributed by atoms with Crippen LogP contribution < -0.4 is 14.8 Å². The zero-order valence-electron chi connectivity index (χ0n) is 9.92. The average molecular weight is 254 g/mol. The molecule has 1 spiro atoms. The van der Waals surface area contributed by atoms with Gasteiger partial charge in [-0.1, -0.05) is 18.2 Å². The largest absolute Gasteiger partial charge is 0.618 e. The molecule has 0 saturated heterocycles. The van der Waals surface area contributed by atoms with Gasteiger partial charge in [-0.25, -0.2) is 0 Å². The Balaban J connectivity index is 2.07. The quantitative estimate of drug-likeness (QED) is 0.562. The highest BCUT2D eigenvalue weighted by molar-refractivity contribution is 6.09. The zero-order chi connectivity index (χ0) is 13.0. The Morgan fingerprint density at radius 2 is 2.11 bits per heavy atom. The minimum absolute atomic E-state index is 0.164. The molecule has 1 aromatic heterocycles. The van der Waals surface area contributed by atoms with Gasteiger partial charge in [-0.2, -0.15) is 4.73 Å². The number of ether oxygens (including phenoxy) is 1. The smallest absolute Gasteiger partial charge is 0.258 e. The third kappa shape index (κ3) is 1.10. The van der Waals surface area contributed by atoms with Crippen LogP contribution >= 0.6 is 0 Å². The van der Waals surface area contributed by atoms with Crippen molar-refractivity contribution in [1.29, 1.82) is 0 Å². The molecule has 1 unspecified atom stereocenters. The van der Waals surface area contributed by atoms with Crippen molar-refractivity contribution in [3.8, 4) is 5.75 Å². The third-order valence-corrected chi connectivity index (χ3v) is 3.79. The summed E-state index contributed by atoms with van der Waals surface area (Å²) in [7, 11) is 0. The maximum absolute atomic E-state index is 12.4. The Labute approximate surface area is 109 Å². The topological polar surface area (TPSA) is 65.3 Å². The summed E-state index contributed by atoms with van der Waals surface area (Å²) in [6, 6.07) is 10.7. The maximum atomic E-state index is 12.4. The van der Waals surface area contributed by atoms with Crippen molar-refractivity contribution in [2.24, 2.45) is 0 Å². The molecule has 4 rings (SSSR count). The summed E-state index contributed by atoms with van der Waals surface area (Å²) < 4.78 is 6.29. The molecule has 94 valence electrons. The number of fused-ring (bicyclic) bond motifs is 4. The van der Waals surface area contributed by atoms with E-state index in [1.165, 1.54) is 6.20 Å². The Morgan fingerprint density at radius 3 is 3.00 bits per heavy atom. The van der Waals surface area contributed by atoms with E-state index in [0.29, 0.717) is 11.4 Å². The van der Waals surface area contributed by atoms with Gasteiger partial charge in [0.05, 0.1) is 0 Å². The molecule has 0 saturated carbocycles. The first-order valence-corrected chi connectivity index (χ1v) is 6.00. The van der Waals surface area contributed by atoms with Gasteiger partial charge in [-0.3, -0.25) is 4.79 Å². The summed E-state index contributed by atoms with van der Waals surface area (Å²) in [5.74, 6) is 0.271. The van der Waals surface area contributed by atoms with Crippen LogP contribution in [0.4, 0.5) is 5.69 Å². The molecule has 2 aromatic rings. The monoisotopic (exact) mass is 254 g/mol. The summed E-state index contributed by atoms with van der Waals surface area (Å²) in [5.41, 5.74) is 0.898. The number of hydrogen-bond acceptors (Lipinski definition) is 3. The molecular weight excluding hydrogens is 244 g/mol. The number of anilines is 1. The van der Waals surface area contributed by atoms with Crippen molar-refractivity contribution in [3.05, 3.63) is 59.1 Å². The lowest BCUT2D eigenvalue weighted by molar-refractivity contribution is -0.615. The number of aromatic nitrogens is 1. The second-order valence-electron chi connectivity index (χ2n) is 4.74. The molecule has 1 atom stereocenters. The van der Waals surface area contributed by atoms with Crippen LogP contribution in [-0.2, 0) is 10.2 Å². The lowest BCUT2D eigenvalue weighted by Gasteiger charge is -2.17. The Bertz CT molecular complexity index is 714. The first kappa shape index (κ1) is 10.4. The average Bonchev–Trinajstić information content (AvgIpc) is 2.93. The standard InChI is InChI=1S/C14H10N2O3/c17-13-14(9-4-1-2-5-10(9)15-13)8-19-11-6-3-7-16(18)12(11)14/h1-7H,8H2,(H,15,17). The highest BCUT2D eigenvalue weighted by Crippen LogP contribution is 2.48. The number of rotatable bonds is 0. The number of carbonyl (C=O) groups excluding carboxylic acids is 1. The van der Waals surface area contributed by atoms with Gasteiger partial charge in [0.2, 0.25) is 5.91 Å². The fourth-order valence-corrected chi connectivity index (χ4v) is 2.93. The molecule has 19 heavy (non-hydrogen) atoms. The van der Waals surface area contributed by atoms with E-state index in [-0.39, 0.29) is 12.5 Å². The predicted molar refractivity (Wildman–Crippen MR) is 66.7 cm³/mol. The molecule has 0 radical (unpaired) electrons. The number of carbonyl (C=O) groups is 1. The van der Waals surface area contributed by atoms with Crippen molar-refractivity contribution in [3.63, 3.8) is 0 Å². The second kappa shape index (κ2) is 3.26. The molecule has 5 heteroatoms. The number of hydrogen-bond donors (Lipinski definition) is 1. The zero-order valence-corrected chi connectivity index (χ0v) is 9.92. The summed E-state index contributed by atoms with van der Waals surface area (Å²) in [6.07, 6.45) is 1.39. The first-order chi connectivity index (χ1) is 9.23. The van der Waals surface area contributed by atoms with Gasteiger partial charge in [0, 0.05) is 17.3 Å². The summed E-state index contributed by atoms with van der Waals surface area (Å²) in [4.78, 5) is 12.4. The molecule has 2 aliphatic rings. The van der Waals surface area contributed by atoms with Gasteiger partial charge in [-0.05, 0) is 12.1 Å². The number of para-hydroxylation sites is 1. The molecule has 0 bridgehead atoms. The van der Waals surface area contributed by atoms with Gasteiger partial charge in [0.15, 0.2) is 17.4 Å². The van der Waals surface area contributed by atoms with Crippen LogP contribution in [0, 0.1) is 5.21 Å². The van der Waals surface area contributed by atoms with E-state index >= 15 is 0 Å². The van der Waals surface area contributed by atoms with Crippen molar-refractivity contribution in [1.82, 2.24) is 0 Å². The number of benzene rings is 1. The van der Waals surface area contributed by atoms with E-state index in [0.717, 1.165) is 16.0 Å².